The van der Waals surface area contributed by atoms with Crippen molar-refractivity contribution < 1.29 is 9.53 Å². The van der Waals surface area contributed by atoms with Crippen LogP contribution in [0, 0.1) is 6.92 Å². The molecule has 0 radical (unpaired) electrons. The number of hydrogen-bond donors (Lipinski definition) is 1. The molecule has 1 saturated heterocycles. The molecule has 138 valence electrons. The summed E-state index contributed by atoms with van der Waals surface area (Å²) < 4.78 is 5.40. The van der Waals surface area contributed by atoms with Crippen molar-refractivity contribution >= 4 is 22.6 Å². The number of fused-ring (bicyclic) bond motifs is 1. The number of para-hydroxylation sites is 1. The maximum atomic E-state index is 12.7. The molecular weight excluding hydrogens is 340 g/mol. The van der Waals surface area contributed by atoms with Gasteiger partial charge in [0.1, 0.15) is 11.6 Å². The maximum absolute atomic E-state index is 12.7. The number of aromatic nitrogens is 2. The van der Waals surface area contributed by atoms with E-state index in [0.29, 0.717) is 23.8 Å². The molecule has 4 rings (SSSR count). The van der Waals surface area contributed by atoms with Gasteiger partial charge in [-0.1, -0.05) is 29.8 Å². The third-order valence-electron chi connectivity index (χ3n) is 4.66. The standard InChI is InChI=1S/C21H22N4O2/c1-15-6-8-16(9-7-15)21(26)24-20-17-4-2-3-5-18(17)22-19(23-20)14-25-10-12-27-13-11-25/h2-9H,10-14H2,1H3,(H,22,23,24,26). The molecule has 1 aromatic heterocycles. The van der Waals surface area contributed by atoms with Crippen LogP contribution in [0.5, 0.6) is 0 Å². The molecule has 0 bridgehead atoms. The topological polar surface area (TPSA) is 67.4 Å². The van der Waals surface area contributed by atoms with Crippen LogP contribution >= 0.6 is 0 Å². The van der Waals surface area contributed by atoms with E-state index in [1.807, 2.05) is 55.5 Å². The summed E-state index contributed by atoms with van der Waals surface area (Å²) in [6, 6.07) is 15.2. The molecular formula is C21H22N4O2. The number of amides is 1. The van der Waals surface area contributed by atoms with Gasteiger partial charge in [0, 0.05) is 24.0 Å². The van der Waals surface area contributed by atoms with Crippen molar-refractivity contribution in [1.29, 1.82) is 0 Å². The van der Waals surface area contributed by atoms with Gasteiger partial charge < -0.3 is 10.1 Å². The predicted molar refractivity (Wildman–Crippen MR) is 105 cm³/mol. The number of aryl methyl sites for hydroxylation is 1. The van der Waals surface area contributed by atoms with Crippen molar-refractivity contribution in [3.05, 3.63) is 65.5 Å². The molecule has 0 aliphatic carbocycles. The molecule has 1 N–H and O–H groups in total. The Labute approximate surface area is 158 Å². The lowest BCUT2D eigenvalue weighted by Crippen LogP contribution is -2.36. The van der Waals surface area contributed by atoms with Gasteiger partial charge >= 0.3 is 0 Å². The van der Waals surface area contributed by atoms with E-state index in [1.54, 1.807) is 0 Å². The molecule has 1 aliphatic heterocycles. The number of carbonyl (C=O) groups is 1. The van der Waals surface area contributed by atoms with Gasteiger partial charge in [0.05, 0.1) is 25.3 Å². The molecule has 27 heavy (non-hydrogen) atoms. The number of nitrogens with one attached hydrogen (secondary N) is 1. The van der Waals surface area contributed by atoms with Crippen LogP contribution in [-0.4, -0.2) is 47.1 Å². The first kappa shape index (κ1) is 17.6. The van der Waals surface area contributed by atoms with E-state index in [4.69, 9.17) is 4.74 Å². The molecule has 2 aromatic carbocycles. The van der Waals surface area contributed by atoms with Gasteiger partial charge in [-0.2, -0.15) is 0 Å². The molecule has 1 amide bonds. The van der Waals surface area contributed by atoms with Gasteiger partial charge in [-0.25, -0.2) is 9.97 Å². The van der Waals surface area contributed by atoms with Crippen LogP contribution in [0.1, 0.15) is 21.7 Å². The van der Waals surface area contributed by atoms with Gasteiger partial charge in [-0.05, 0) is 31.2 Å². The zero-order valence-corrected chi connectivity index (χ0v) is 15.3. The van der Waals surface area contributed by atoms with Crippen molar-refractivity contribution in [1.82, 2.24) is 14.9 Å². The summed E-state index contributed by atoms with van der Waals surface area (Å²) in [6.45, 7) is 5.82. The molecule has 6 nitrogen and oxygen atoms in total. The van der Waals surface area contributed by atoms with E-state index < -0.39 is 0 Å². The number of hydrogen-bond acceptors (Lipinski definition) is 5. The van der Waals surface area contributed by atoms with Gasteiger partial charge in [-0.3, -0.25) is 9.69 Å². The first-order valence-electron chi connectivity index (χ1n) is 9.13. The molecule has 3 aromatic rings. The van der Waals surface area contributed by atoms with Crippen LogP contribution in [0.15, 0.2) is 48.5 Å². The van der Waals surface area contributed by atoms with Crippen LogP contribution in [0.2, 0.25) is 0 Å². The molecule has 0 saturated carbocycles. The highest BCUT2D eigenvalue weighted by atomic mass is 16.5. The summed E-state index contributed by atoms with van der Waals surface area (Å²) in [6.07, 6.45) is 0. The summed E-state index contributed by atoms with van der Waals surface area (Å²) in [5.41, 5.74) is 2.56. The van der Waals surface area contributed by atoms with Crippen LogP contribution < -0.4 is 5.32 Å². The average Bonchev–Trinajstić information content (AvgIpc) is 2.69. The summed E-state index contributed by atoms with van der Waals surface area (Å²) in [5.74, 6) is 1.08. The third-order valence-corrected chi connectivity index (χ3v) is 4.66. The summed E-state index contributed by atoms with van der Waals surface area (Å²) in [4.78, 5) is 24.3. The highest BCUT2D eigenvalue weighted by Gasteiger charge is 2.16. The Hall–Kier alpha value is -2.83. The molecule has 1 fully saturated rings. The minimum atomic E-state index is -0.170. The fraction of sp³-hybridized carbons (Fsp3) is 0.286. The van der Waals surface area contributed by atoms with Crippen molar-refractivity contribution in [2.45, 2.75) is 13.5 Å². The lowest BCUT2D eigenvalue weighted by Gasteiger charge is -2.26. The number of morpholine rings is 1. The SMILES string of the molecule is Cc1ccc(C(=O)Nc2nc(CN3CCOCC3)nc3ccccc23)cc1. The number of rotatable bonds is 4. The van der Waals surface area contributed by atoms with E-state index in [1.165, 1.54) is 0 Å². The van der Waals surface area contributed by atoms with Crippen molar-refractivity contribution in [2.75, 3.05) is 31.6 Å². The van der Waals surface area contributed by atoms with E-state index >= 15 is 0 Å². The van der Waals surface area contributed by atoms with Crippen LogP contribution in [0.4, 0.5) is 5.82 Å². The second-order valence-electron chi connectivity index (χ2n) is 6.71. The minimum Gasteiger partial charge on any atom is -0.379 e. The monoisotopic (exact) mass is 362 g/mol. The fourth-order valence-corrected chi connectivity index (χ4v) is 3.13. The number of ether oxygens (including phenoxy) is 1. The highest BCUT2D eigenvalue weighted by Crippen LogP contribution is 2.21. The Kier molecular flexibility index (Phi) is 5.09. The van der Waals surface area contributed by atoms with Crippen molar-refractivity contribution in [3.8, 4) is 0 Å². The van der Waals surface area contributed by atoms with Crippen LogP contribution in [0.3, 0.4) is 0 Å². The summed E-state index contributed by atoms with van der Waals surface area (Å²) >= 11 is 0. The van der Waals surface area contributed by atoms with Gasteiger partial charge in [0.2, 0.25) is 0 Å². The Morgan fingerprint density at radius 1 is 1.07 bits per heavy atom. The zero-order valence-electron chi connectivity index (χ0n) is 15.3. The number of carbonyl (C=O) groups excluding carboxylic acids is 1. The maximum Gasteiger partial charge on any atom is 0.256 e. The Balaban J connectivity index is 1.63. The highest BCUT2D eigenvalue weighted by molar-refractivity contribution is 6.07. The summed E-state index contributed by atoms with van der Waals surface area (Å²) in [5, 5.41) is 3.80. The van der Waals surface area contributed by atoms with E-state index in [0.717, 1.165) is 42.8 Å². The second-order valence-corrected chi connectivity index (χ2v) is 6.71. The van der Waals surface area contributed by atoms with Crippen LogP contribution in [0.25, 0.3) is 10.9 Å². The Morgan fingerprint density at radius 3 is 2.59 bits per heavy atom. The van der Waals surface area contributed by atoms with Gasteiger partial charge in [0.15, 0.2) is 0 Å². The van der Waals surface area contributed by atoms with E-state index in [-0.39, 0.29) is 5.91 Å². The number of nitrogens with zero attached hydrogens (tertiary/aromatic N) is 3. The number of benzene rings is 2. The molecule has 0 spiro atoms. The molecule has 6 heteroatoms. The Bertz CT molecular complexity index is 950. The zero-order chi connectivity index (χ0) is 18.6. The van der Waals surface area contributed by atoms with E-state index in [2.05, 4.69) is 20.2 Å². The second kappa shape index (κ2) is 7.82. The minimum absolute atomic E-state index is 0.170. The smallest absolute Gasteiger partial charge is 0.256 e. The molecule has 2 heterocycles. The normalized spacial score (nSPS) is 15.0. The fourth-order valence-electron chi connectivity index (χ4n) is 3.13. The third kappa shape index (κ3) is 4.13. The van der Waals surface area contributed by atoms with Crippen molar-refractivity contribution in [2.24, 2.45) is 0 Å². The molecule has 1 aliphatic rings. The van der Waals surface area contributed by atoms with Gasteiger partial charge in [0.25, 0.3) is 5.91 Å². The van der Waals surface area contributed by atoms with Crippen LogP contribution in [-0.2, 0) is 11.3 Å². The lowest BCUT2D eigenvalue weighted by atomic mass is 10.1. The van der Waals surface area contributed by atoms with E-state index in [9.17, 15) is 4.79 Å². The first-order valence-corrected chi connectivity index (χ1v) is 9.13. The van der Waals surface area contributed by atoms with Crippen molar-refractivity contribution in [3.63, 3.8) is 0 Å². The molecule has 0 atom stereocenters. The average molecular weight is 362 g/mol. The quantitative estimate of drug-likeness (QED) is 0.773. The first-order chi connectivity index (χ1) is 13.2. The summed E-state index contributed by atoms with van der Waals surface area (Å²) in [7, 11) is 0. The molecule has 0 unspecified atom stereocenters. The predicted octanol–water partition coefficient (Wildman–Crippen LogP) is 3.02. The van der Waals surface area contributed by atoms with Gasteiger partial charge in [-0.15, -0.1) is 0 Å². The Morgan fingerprint density at radius 2 is 1.81 bits per heavy atom. The largest absolute Gasteiger partial charge is 0.379 e. The number of anilines is 1. The lowest BCUT2D eigenvalue weighted by molar-refractivity contribution is 0.0331.